The molecule has 0 radical (unpaired) electrons. The number of carbonyl (C=O) groups excluding carboxylic acids is 1. The monoisotopic (exact) mass is 367 g/mol. The number of nitrogens with zero attached hydrogens (tertiary/aromatic N) is 3. The first-order valence-corrected chi connectivity index (χ1v) is 10.4. The highest BCUT2D eigenvalue weighted by atomic mass is 16.2. The van der Waals surface area contributed by atoms with Gasteiger partial charge >= 0.3 is 0 Å². The average molecular weight is 367 g/mol. The summed E-state index contributed by atoms with van der Waals surface area (Å²) >= 11 is 0. The van der Waals surface area contributed by atoms with E-state index in [4.69, 9.17) is 0 Å². The molecule has 5 rings (SSSR count). The van der Waals surface area contributed by atoms with Crippen molar-refractivity contribution < 1.29 is 4.79 Å². The van der Waals surface area contributed by atoms with Crippen molar-refractivity contribution in [1.29, 1.82) is 0 Å². The van der Waals surface area contributed by atoms with E-state index in [2.05, 4.69) is 44.5 Å². The van der Waals surface area contributed by atoms with Crippen LogP contribution in [-0.4, -0.2) is 59.3 Å². The van der Waals surface area contributed by atoms with Crippen molar-refractivity contribution in [2.45, 2.75) is 63.1 Å². The Kier molecular flexibility index (Phi) is 4.31. The Morgan fingerprint density at radius 2 is 1.89 bits per heavy atom. The smallest absolute Gasteiger partial charge is 0.272 e. The normalized spacial score (nSPS) is 28.6. The Balaban J connectivity index is 1.35. The van der Waals surface area contributed by atoms with Gasteiger partial charge in [0.1, 0.15) is 0 Å². The third-order valence-electron chi connectivity index (χ3n) is 6.91. The van der Waals surface area contributed by atoms with Gasteiger partial charge in [-0.3, -0.25) is 9.89 Å². The van der Waals surface area contributed by atoms with Crippen LogP contribution in [-0.2, 0) is 0 Å². The van der Waals surface area contributed by atoms with E-state index >= 15 is 0 Å². The molecule has 3 fully saturated rings. The van der Waals surface area contributed by atoms with Gasteiger partial charge in [0, 0.05) is 42.3 Å². The number of hydrogen-bond acceptors (Lipinski definition) is 4. The molecule has 2 aromatic rings. The van der Waals surface area contributed by atoms with Crippen LogP contribution in [0, 0.1) is 0 Å². The first-order chi connectivity index (χ1) is 13.2. The number of fused-ring (bicyclic) bond motifs is 3. The van der Waals surface area contributed by atoms with E-state index < -0.39 is 0 Å². The third kappa shape index (κ3) is 3.10. The number of piperidine rings is 2. The molecule has 4 heterocycles. The molecule has 3 atom stereocenters. The van der Waals surface area contributed by atoms with Crippen molar-refractivity contribution in [2.75, 3.05) is 25.0 Å². The van der Waals surface area contributed by atoms with Crippen molar-refractivity contribution in [3.63, 3.8) is 0 Å². The minimum absolute atomic E-state index is 0.0348. The number of amides is 1. The molecule has 6 heteroatoms. The summed E-state index contributed by atoms with van der Waals surface area (Å²) in [7, 11) is 2.24. The van der Waals surface area contributed by atoms with Gasteiger partial charge in [0.05, 0.1) is 5.52 Å². The molecule has 1 amide bonds. The topological polar surface area (TPSA) is 64.3 Å². The molecule has 3 aliphatic heterocycles. The summed E-state index contributed by atoms with van der Waals surface area (Å²) in [6.07, 6.45) is 8.43. The van der Waals surface area contributed by atoms with E-state index in [1.807, 2.05) is 6.07 Å². The zero-order chi connectivity index (χ0) is 18.4. The maximum Gasteiger partial charge on any atom is 0.272 e. The van der Waals surface area contributed by atoms with Crippen LogP contribution >= 0.6 is 0 Å². The highest BCUT2D eigenvalue weighted by molar-refractivity contribution is 6.05. The summed E-state index contributed by atoms with van der Waals surface area (Å²) in [5.74, 6) is -0.0348. The maximum atomic E-state index is 13.0. The number of nitrogens with one attached hydrogen (secondary N) is 2. The molecule has 6 nitrogen and oxygen atoms in total. The molecule has 3 aliphatic rings. The predicted molar refractivity (Wildman–Crippen MR) is 107 cm³/mol. The summed E-state index contributed by atoms with van der Waals surface area (Å²) in [5.41, 5.74) is 2.67. The van der Waals surface area contributed by atoms with Gasteiger partial charge in [0.25, 0.3) is 5.91 Å². The van der Waals surface area contributed by atoms with Crippen LogP contribution < -0.4 is 10.2 Å². The molecule has 27 heavy (non-hydrogen) atoms. The number of aromatic nitrogens is 2. The summed E-state index contributed by atoms with van der Waals surface area (Å²) in [6, 6.07) is 7.79. The van der Waals surface area contributed by atoms with E-state index in [0.717, 1.165) is 36.8 Å². The fraction of sp³-hybridized carbons (Fsp3) is 0.619. The number of hydrogen-bond donors (Lipinski definition) is 2. The van der Waals surface area contributed by atoms with Crippen LogP contribution in [0.5, 0.6) is 0 Å². The van der Waals surface area contributed by atoms with Crippen molar-refractivity contribution in [3.05, 3.63) is 23.9 Å². The van der Waals surface area contributed by atoms with E-state index in [-0.39, 0.29) is 11.9 Å². The maximum absolute atomic E-state index is 13.0. The fourth-order valence-corrected chi connectivity index (χ4v) is 5.33. The van der Waals surface area contributed by atoms with E-state index in [1.165, 1.54) is 37.8 Å². The van der Waals surface area contributed by atoms with Gasteiger partial charge in [-0.1, -0.05) is 6.42 Å². The van der Waals surface area contributed by atoms with Crippen molar-refractivity contribution in [2.24, 2.45) is 0 Å². The number of aromatic amines is 1. The number of rotatable bonds is 3. The van der Waals surface area contributed by atoms with Crippen molar-refractivity contribution in [3.8, 4) is 0 Å². The lowest BCUT2D eigenvalue weighted by molar-refractivity contribution is 0.0462. The lowest BCUT2D eigenvalue weighted by atomic mass is 9.82. The first kappa shape index (κ1) is 17.0. The molecule has 2 N–H and O–H groups in total. The number of anilines is 1. The second-order valence-electron chi connectivity index (χ2n) is 8.54. The highest BCUT2D eigenvalue weighted by Crippen LogP contribution is 2.33. The number of benzene rings is 1. The molecule has 1 aromatic heterocycles. The highest BCUT2D eigenvalue weighted by Gasteiger charge is 2.36. The molecule has 2 bridgehead atoms. The van der Waals surface area contributed by atoms with Crippen LogP contribution in [0.1, 0.15) is 55.4 Å². The van der Waals surface area contributed by atoms with E-state index in [0.29, 0.717) is 17.8 Å². The third-order valence-corrected chi connectivity index (χ3v) is 6.91. The summed E-state index contributed by atoms with van der Waals surface area (Å²) in [5, 5.41) is 11.6. The molecule has 1 aromatic carbocycles. The molecular formula is C21H29N5O. The van der Waals surface area contributed by atoms with Crippen LogP contribution in [0.15, 0.2) is 18.2 Å². The lowest BCUT2D eigenvalue weighted by Gasteiger charge is -2.47. The Bertz CT molecular complexity index is 826. The molecule has 144 valence electrons. The molecule has 0 spiro atoms. The van der Waals surface area contributed by atoms with Crippen molar-refractivity contribution in [1.82, 2.24) is 20.4 Å². The quantitative estimate of drug-likeness (QED) is 0.876. The second-order valence-corrected chi connectivity index (χ2v) is 8.54. The van der Waals surface area contributed by atoms with Crippen LogP contribution in [0.3, 0.4) is 0 Å². The van der Waals surface area contributed by atoms with Crippen LogP contribution in [0.25, 0.3) is 10.9 Å². The Hall–Kier alpha value is -2.08. The molecule has 0 saturated carbocycles. The van der Waals surface area contributed by atoms with Gasteiger partial charge in [-0.05, 0) is 63.8 Å². The van der Waals surface area contributed by atoms with E-state index in [9.17, 15) is 4.79 Å². The predicted octanol–water partition coefficient (Wildman–Crippen LogP) is 2.91. The van der Waals surface area contributed by atoms with Gasteiger partial charge in [-0.15, -0.1) is 0 Å². The number of H-pyrrole nitrogens is 1. The Labute approximate surface area is 160 Å². The van der Waals surface area contributed by atoms with Crippen molar-refractivity contribution >= 4 is 22.5 Å². The SMILES string of the molecule is CN1[C@@H]2CCC[C@H]1CC(NC(=O)c1n[nH]c3ccc(N4CCCC4)cc13)C2. The van der Waals surface area contributed by atoms with Gasteiger partial charge in [-0.25, -0.2) is 0 Å². The van der Waals surface area contributed by atoms with Gasteiger partial charge in [0.2, 0.25) is 0 Å². The second kappa shape index (κ2) is 6.82. The molecule has 1 unspecified atom stereocenters. The zero-order valence-electron chi connectivity index (χ0n) is 16.1. The van der Waals surface area contributed by atoms with Crippen LogP contribution in [0.2, 0.25) is 0 Å². The Morgan fingerprint density at radius 3 is 2.63 bits per heavy atom. The Morgan fingerprint density at radius 1 is 1.15 bits per heavy atom. The molecule has 3 saturated heterocycles. The minimum Gasteiger partial charge on any atom is -0.372 e. The minimum atomic E-state index is -0.0348. The van der Waals surface area contributed by atoms with Crippen LogP contribution in [0.4, 0.5) is 5.69 Å². The summed E-state index contributed by atoms with van der Waals surface area (Å²) in [4.78, 5) is 17.9. The van der Waals surface area contributed by atoms with Gasteiger partial charge < -0.3 is 15.1 Å². The van der Waals surface area contributed by atoms with Gasteiger partial charge in [-0.2, -0.15) is 5.10 Å². The largest absolute Gasteiger partial charge is 0.372 e. The molecular weight excluding hydrogens is 338 g/mol. The standard InChI is InChI=1S/C21H29N5O/c1-25-15-5-4-6-16(25)12-14(11-15)22-21(27)20-18-13-17(26-9-2-3-10-26)7-8-19(18)23-24-20/h7-8,13-16H,2-6,9-12H2,1H3,(H,22,27)(H,23,24)/t14?,15-,16+. The zero-order valence-corrected chi connectivity index (χ0v) is 16.1. The average Bonchev–Trinajstić information content (AvgIpc) is 3.31. The lowest BCUT2D eigenvalue weighted by Crippen LogP contribution is -2.55. The fourth-order valence-electron chi connectivity index (χ4n) is 5.33. The summed E-state index contributed by atoms with van der Waals surface area (Å²) in [6.45, 7) is 2.20. The number of carbonyl (C=O) groups is 1. The molecule has 0 aliphatic carbocycles. The van der Waals surface area contributed by atoms with E-state index in [1.54, 1.807) is 0 Å². The van der Waals surface area contributed by atoms with Gasteiger partial charge in [0.15, 0.2) is 5.69 Å². The first-order valence-electron chi connectivity index (χ1n) is 10.4. The summed E-state index contributed by atoms with van der Waals surface area (Å²) < 4.78 is 0.